The lowest BCUT2D eigenvalue weighted by Gasteiger charge is -2.08. The zero-order chi connectivity index (χ0) is 16.6. The molecule has 3 aromatic carbocycles. The van der Waals surface area contributed by atoms with Crippen molar-refractivity contribution >= 4 is 23.8 Å². The van der Waals surface area contributed by atoms with E-state index in [0.717, 1.165) is 28.3 Å². The van der Waals surface area contributed by atoms with Gasteiger partial charge in [0.15, 0.2) is 0 Å². The van der Waals surface area contributed by atoms with Gasteiger partial charge in [-0.1, -0.05) is 42.5 Å². The first kappa shape index (κ1) is 15.7. The summed E-state index contributed by atoms with van der Waals surface area (Å²) in [6.45, 7) is 0. The first-order valence-corrected chi connectivity index (χ1v) is 7.72. The largest absolute Gasteiger partial charge is 0.495 e. The highest BCUT2D eigenvalue weighted by atomic mass is 16.5. The van der Waals surface area contributed by atoms with Crippen LogP contribution in [0.4, 0.5) is 11.4 Å². The van der Waals surface area contributed by atoms with E-state index in [2.05, 4.69) is 9.98 Å². The van der Waals surface area contributed by atoms with Crippen molar-refractivity contribution in [2.75, 3.05) is 7.11 Å². The Balaban J connectivity index is 1.89. The van der Waals surface area contributed by atoms with Gasteiger partial charge in [0.1, 0.15) is 5.75 Å². The second kappa shape index (κ2) is 7.88. The average molecular weight is 314 g/mol. The van der Waals surface area contributed by atoms with Crippen LogP contribution in [0, 0.1) is 0 Å². The fourth-order valence-electron chi connectivity index (χ4n) is 2.33. The highest BCUT2D eigenvalue weighted by molar-refractivity contribution is 5.93. The third-order valence-corrected chi connectivity index (χ3v) is 3.50. The molecule has 3 aromatic rings. The van der Waals surface area contributed by atoms with Gasteiger partial charge in [-0.25, -0.2) is 0 Å². The third kappa shape index (κ3) is 3.96. The molecule has 3 nitrogen and oxygen atoms in total. The van der Waals surface area contributed by atoms with Crippen LogP contribution in [0.5, 0.6) is 5.75 Å². The second-order valence-corrected chi connectivity index (χ2v) is 5.16. The SMILES string of the molecule is COc1c(C=Nc2ccccc2)cccc1C=Nc1ccccc1. The van der Waals surface area contributed by atoms with E-state index in [1.165, 1.54) is 0 Å². The highest BCUT2D eigenvalue weighted by Crippen LogP contribution is 2.23. The number of rotatable bonds is 5. The minimum Gasteiger partial charge on any atom is -0.495 e. The molecule has 3 heteroatoms. The van der Waals surface area contributed by atoms with Crippen LogP contribution in [-0.4, -0.2) is 19.5 Å². The molecule has 0 heterocycles. The minimum atomic E-state index is 0.761. The van der Waals surface area contributed by atoms with Gasteiger partial charge in [0.25, 0.3) is 0 Å². The van der Waals surface area contributed by atoms with Gasteiger partial charge in [-0.2, -0.15) is 0 Å². The Hall–Kier alpha value is -3.20. The highest BCUT2D eigenvalue weighted by Gasteiger charge is 2.05. The number of methoxy groups -OCH3 is 1. The molecule has 0 amide bonds. The molecule has 24 heavy (non-hydrogen) atoms. The van der Waals surface area contributed by atoms with Crippen molar-refractivity contribution in [3.63, 3.8) is 0 Å². The van der Waals surface area contributed by atoms with Crippen molar-refractivity contribution in [3.8, 4) is 5.75 Å². The fraction of sp³-hybridized carbons (Fsp3) is 0.0476. The molecule has 0 saturated carbocycles. The van der Waals surface area contributed by atoms with Crippen LogP contribution >= 0.6 is 0 Å². The number of nitrogens with zero attached hydrogens (tertiary/aromatic N) is 2. The average Bonchev–Trinajstić information content (AvgIpc) is 2.66. The molecule has 0 aromatic heterocycles. The van der Waals surface area contributed by atoms with Crippen LogP contribution in [0.25, 0.3) is 0 Å². The maximum atomic E-state index is 5.57. The van der Waals surface area contributed by atoms with Crippen molar-refractivity contribution in [1.29, 1.82) is 0 Å². The monoisotopic (exact) mass is 314 g/mol. The van der Waals surface area contributed by atoms with Crippen molar-refractivity contribution in [2.45, 2.75) is 0 Å². The van der Waals surface area contributed by atoms with Crippen molar-refractivity contribution in [1.82, 2.24) is 0 Å². The lowest BCUT2D eigenvalue weighted by Crippen LogP contribution is -1.96. The molecule has 0 unspecified atom stereocenters. The van der Waals surface area contributed by atoms with Gasteiger partial charge in [0, 0.05) is 23.6 Å². The summed E-state index contributed by atoms with van der Waals surface area (Å²) in [6, 6.07) is 25.6. The lowest BCUT2D eigenvalue weighted by atomic mass is 10.1. The smallest absolute Gasteiger partial charge is 0.136 e. The number of para-hydroxylation sites is 3. The Labute approximate surface area is 142 Å². The van der Waals surface area contributed by atoms with Gasteiger partial charge in [0.2, 0.25) is 0 Å². The number of benzene rings is 3. The molecule has 0 aliphatic rings. The standard InChI is InChI=1S/C21H18N2O/c1-24-21-17(15-22-19-11-4-2-5-12-19)9-8-10-18(21)16-23-20-13-6-3-7-14-20/h2-16H,1H3. The summed E-state index contributed by atoms with van der Waals surface area (Å²) in [5.74, 6) is 0.761. The molecule has 0 aliphatic heterocycles. The van der Waals surface area contributed by atoms with E-state index in [9.17, 15) is 0 Å². The minimum absolute atomic E-state index is 0.761. The van der Waals surface area contributed by atoms with Crippen LogP contribution in [0.3, 0.4) is 0 Å². The van der Waals surface area contributed by atoms with Crippen LogP contribution in [0.2, 0.25) is 0 Å². The summed E-state index contributed by atoms with van der Waals surface area (Å²) >= 11 is 0. The van der Waals surface area contributed by atoms with Crippen molar-refractivity contribution in [3.05, 3.63) is 90.0 Å². The van der Waals surface area contributed by atoms with Gasteiger partial charge < -0.3 is 4.74 Å². The maximum absolute atomic E-state index is 5.57. The molecule has 0 fully saturated rings. The van der Waals surface area contributed by atoms with Gasteiger partial charge in [-0.05, 0) is 36.4 Å². The van der Waals surface area contributed by atoms with Crippen LogP contribution < -0.4 is 4.74 Å². The van der Waals surface area contributed by atoms with Crippen LogP contribution in [0.1, 0.15) is 11.1 Å². The molecule has 0 N–H and O–H groups in total. The number of aliphatic imine (C=N–C) groups is 2. The molecule has 0 bridgehead atoms. The Morgan fingerprint density at radius 2 is 1.08 bits per heavy atom. The summed E-state index contributed by atoms with van der Waals surface area (Å²) in [5, 5.41) is 0. The van der Waals surface area contributed by atoms with Crippen LogP contribution in [0.15, 0.2) is 88.8 Å². The Bertz CT molecular complexity index is 772. The van der Waals surface area contributed by atoms with Crippen molar-refractivity contribution < 1.29 is 4.74 Å². The third-order valence-electron chi connectivity index (χ3n) is 3.50. The molecule has 0 saturated heterocycles. The summed E-state index contributed by atoms with van der Waals surface area (Å²) in [4.78, 5) is 8.99. The van der Waals surface area contributed by atoms with Crippen LogP contribution in [-0.2, 0) is 0 Å². The molecule has 0 spiro atoms. The molecule has 3 rings (SSSR count). The first-order chi connectivity index (χ1) is 11.9. The zero-order valence-corrected chi connectivity index (χ0v) is 13.5. The van der Waals surface area contributed by atoms with Gasteiger partial charge in [-0.15, -0.1) is 0 Å². The summed E-state index contributed by atoms with van der Waals surface area (Å²) in [7, 11) is 1.66. The Morgan fingerprint density at radius 3 is 1.50 bits per heavy atom. The predicted molar refractivity (Wildman–Crippen MR) is 100 cm³/mol. The van der Waals surface area contributed by atoms with Gasteiger partial charge >= 0.3 is 0 Å². The Kier molecular flexibility index (Phi) is 5.15. The quantitative estimate of drug-likeness (QED) is 0.596. The maximum Gasteiger partial charge on any atom is 0.136 e. The molecule has 0 atom stereocenters. The fourth-order valence-corrected chi connectivity index (χ4v) is 2.33. The van der Waals surface area contributed by atoms with E-state index in [1.807, 2.05) is 91.3 Å². The molecular weight excluding hydrogens is 296 g/mol. The predicted octanol–water partition coefficient (Wildman–Crippen LogP) is 5.20. The van der Waals surface area contributed by atoms with Gasteiger partial charge in [-0.3, -0.25) is 9.98 Å². The molecule has 118 valence electrons. The van der Waals surface area contributed by atoms with E-state index in [1.54, 1.807) is 7.11 Å². The van der Waals surface area contributed by atoms with E-state index in [4.69, 9.17) is 4.74 Å². The zero-order valence-electron chi connectivity index (χ0n) is 13.5. The number of hydrogen-bond donors (Lipinski definition) is 0. The van der Waals surface area contributed by atoms with E-state index >= 15 is 0 Å². The normalized spacial score (nSPS) is 11.2. The van der Waals surface area contributed by atoms with E-state index in [-0.39, 0.29) is 0 Å². The second-order valence-electron chi connectivity index (χ2n) is 5.16. The number of hydrogen-bond acceptors (Lipinski definition) is 3. The lowest BCUT2D eigenvalue weighted by molar-refractivity contribution is 0.413. The molecular formula is C21H18N2O. The van der Waals surface area contributed by atoms with Gasteiger partial charge in [0.05, 0.1) is 18.5 Å². The van der Waals surface area contributed by atoms with Crippen molar-refractivity contribution in [2.24, 2.45) is 9.98 Å². The summed E-state index contributed by atoms with van der Waals surface area (Å²) in [6.07, 6.45) is 3.63. The van der Waals surface area contributed by atoms with E-state index in [0.29, 0.717) is 0 Å². The topological polar surface area (TPSA) is 34.0 Å². The first-order valence-electron chi connectivity index (χ1n) is 7.72. The molecule has 0 aliphatic carbocycles. The summed E-state index contributed by atoms with van der Waals surface area (Å²) < 4.78 is 5.57. The number of ether oxygens (including phenoxy) is 1. The van der Waals surface area contributed by atoms with E-state index < -0.39 is 0 Å². The molecule has 0 radical (unpaired) electrons. The Morgan fingerprint density at radius 1 is 0.625 bits per heavy atom. The summed E-state index contributed by atoms with van der Waals surface area (Å²) in [5.41, 5.74) is 3.64.